The van der Waals surface area contributed by atoms with Crippen LogP contribution in [0.4, 0.5) is 0 Å². The highest BCUT2D eigenvalue weighted by atomic mass is 32.1. The summed E-state index contributed by atoms with van der Waals surface area (Å²) < 4.78 is 5.41. The van der Waals surface area contributed by atoms with E-state index < -0.39 is 5.97 Å². The number of benzene rings is 1. The smallest absolute Gasteiger partial charge is 0.345 e. The third-order valence-electron chi connectivity index (χ3n) is 2.74. The van der Waals surface area contributed by atoms with Crippen molar-refractivity contribution < 1.29 is 14.6 Å². The Morgan fingerprint density at radius 3 is 2.83 bits per heavy atom. The molecule has 18 heavy (non-hydrogen) atoms. The van der Waals surface area contributed by atoms with Gasteiger partial charge in [-0.2, -0.15) is 0 Å². The molecule has 0 bridgehead atoms. The number of para-hydroxylation sites is 1. The topological polar surface area (TPSA) is 59.4 Å². The van der Waals surface area contributed by atoms with Gasteiger partial charge in [-0.05, 0) is 18.2 Å². The zero-order valence-corrected chi connectivity index (χ0v) is 10.3. The van der Waals surface area contributed by atoms with Crippen LogP contribution in [0.2, 0.25) is 0 Å². The maximum Gasteiger partial charge on any atom is 0.345 e. The number of nitrogens with zero attached hydrogens (tertiary/aromatic N) is 1. The van der Waals surface area contributed by atoms with Crippen LogP contribution in [-0.2, 0) is 0 Å². The van der Waals surface area contributed by atoms with E-state index in [1.54, 1.807) is 13.2 Å². The number of fused-ring (bicyclic) bond motifs is 2. The predicted octanol–water partition coefficient (Wildman–Crippen LogP) is 3.16. The molecule has 0 spiro atoms. The highest BCUT2D eigenvalue weighted by Gasteiger charge is 2.15. The maximum absolute atomic E-state index is 11.0. The number of hydrogen-bond donors (Lipinski definition) is 1. The van der Waals surface area contributed by atoms with Gasteiger partial charge in [-0.3, -0.25) is 0 Å². The molecule has 1 N–H and O–H groups in total. The fraction of sp³-hybridized carbons (Fsp3) is 0.0769. The van der Waals surface area contributed by atoms with E-state index in [0.29, 0.717) is 10.6 Å². The van der Waals surface area contributed by atoms with Gasteiger partial charge >= 0.3 is 5.97 Å². The summed E-state index contributed by atoms with van der Waals surface area (Å²) in [7, 11) is 1.58. The first-order chi connectivity index (χ1) is 8.70. The van der Waals surface area contributed by atoms with Crippen LogP contribution in [0.3, 0.4) is 0 Å². The van der Waals surface area contributed by atoms with Gasteiger partial charge in [0.25, 0.3) is 0 Å². The Bertz CT molecular complexity index is 763. The van der Waals surface area contributed by atoms with Gasteiger partial charge in [-0.15, -0.1) is 11.3 Å². The van der Waals surface area contributed by atoms with Crippen molar-refractivity contribution in [2.75, 3.05) is 7.11 Å². The molecular weight excluding hydrogens is 250 g/mol. The third kappa shape index (κ3) is 1.52. The standard InChI is InChI=1S/C13H9NO3S/c1-17-11-7-4-2-3-5-9(7)14-12-8(11)6-10(18-12)13(15)16/h2-6H,1H3,(H,15,16). The molecule has 0 aliphatic rings. The Morgan fingerprint density at radius 2 is 2.11 bits per heavy atom. The molecule has 2 aromatic heterocycles. The van der Waals surface area contributed by atoms with Crippen molar-refractivity contribution in [1.29, 1.82) is 0 Å². The lowest BCUT2D eigenvalue weighted by molar-refractivity contribution is 0.0702. The summed E-state index contributed by atoms with van der Waals surface area (Å²) >= 11 is 1.16. The Hall–Kier alpha value is -2.14. The number of rotatable bonds is 2. The van der Waals surface area contributed by atoms with Crippen LogP contribution in [-0.4, -0.2) is 23.2 Å². The van der Waals surface area contributed by atoms with Crippen molar-refractivity contribution in [2.24, 2.45) is 0 Å². The summed E-state index contributed by atoms with van der Waals surface area (Å²) in [5.74, 6) is -0.261. The average molecular weight is 259 g/mol. The molecule has 0 amide bonds. The maximum atomic E-state index is 11.0. The Labute approximate surface area is 106 Å². The molecule has 0 aliphatic carbocycles. The molecule has 0 saturated carbocycles. The first kappa shape index (κ1) is 11.0. The fourth-order valence-electron chi connectivity index (χ4n) is 1.97. The molecule has 0 radical (unpaired) electrons. The number of ether oxygens (including phenoxy) is 1. The lowest BCUT2D eigenvalue weighted by Gasteiger charge is -2.05. The number of carboxylic acid groups (broad SMARTS) is 1. The summed E-state index contributed by atoms with van der Waals surface area (Å²) in [6.45, 7) is 0. The van der Waals surface area contributed by atoms with Crippen molar-refractivity contribution >= 4 is 38.4 Å². The van der Waals surface area contributed by atoms with E-state index in [0.717, 1.165) is 27.6 Å². The summed E-state index contributed by atoms with van der Waals surface area (Å²) in [6.07, 6.45) is 0. The molecular formula is C13H9NO3S. The van der Waals surface area contributed by atoms with Gasteiger partial charge in [0.1, 0.15) is 15.5 Å². The minimum Gasteiger partial charge on any atom is -0.495 e. The third-order valence-corrected chi connectivity index (χ3v) is 3.76. The van der Waals surface area contributed by atoms with Crippen molar-refractivity contribution in [3.8, 4) is 5.75 Å². The van der Waals surface area contributed by atoms with E-state index in [9.17, 15) is 4.79 Å². The number of aromatic carboxylic acids is 1. The summed E-state index contributed by atoms with van der Waals surface area (Å²) in [4.78, 5) is 16.4. The number of methoxy groups -OCH3 is 1. The van der Waals surface area contributed by atoms with Gasteiger partial charge in [0.05, 0.1) is 18.0 Å². The zero-order chi connectivity index (χ0) is 12.7. The normalized spacial score (nSPS) is 10.9. The molecule has 0 saturated heterocycles. The quantitative estimate of drug-likeness (QED) is 0.768. The molecule has 0 aliphatic heterocycles. The van der Waals surface area contributed by atoms with Gasteiger partial charge in [-0.25, -0.2) is 9.78 Å². The molecule has 90 valence electrons. The second-order valence-electron chi connectivity index (χ2n) is 3.80. The van der Waals surface area contributed by atoms with E-state index in [1.165, 1.54) is 0 Å². The number of hydrogen-bond acceptors (Lipinski definition) is 4. The summed E-state index contributed by atoms with van der Waals surface area (Å²) in [5, 5.41) is 10.7. The summed E-state index contributed by atoms with van der Waals surface area (Å²) in [5.41, 5.74) is 0.806. The minimum absolute atomic E-state index is 0.270. The first-order valence-electron chi connectivity index (χ1n) is 5.30. The number of carboxylic acids is 1. The van der Waals surface area contributed by atoms with Crippen LogP contribution in [0.1, 0.15) is 9.67 Å². The molecule has 2 heterocycles. The predicted molar refractivity (Wildman–Crippen MR) is 70.6 cm³/mol. The molecule has 4 nitrogen and oxygen atoms in total. The highest BCUT2D eigenvalue weighted by Crippen LogP contribution is 2.36. The van der Waals surface area contributed by atoms with Crippen LogP contribution >= 0.6 is 11.3 Å². The monoisotopic (exact) mass is 259 g/mol. The second kappa shape index (κ2) is 3.96. The number of pyridine rings is 1. The number of aromatic nitrogens is 1. The van der Waals surface area contributed by atoms with E-state index in [2.05, 4.69) is 4.98 Å². The largest absolute Gasteiger partial charge is 0.495 e. The Balaban J connectivity index is 2.46. The van der Waals surface area contributed by atoms with Gasteiger partial charge in [0.15, 0.2) is 0 Å². The van der Waals surface area contributed by atoms with E-state index in [4.69, 9.17) is 9.84 Å². The highest BCUT2D eigenvalue weighted by molar-refractivity contribution is 7.20. The van der Waals surface area contributed by atoms with Crippen LogP contribution in [0.5, 0.6) is 5.75 Å². The SMILES string of the molecule is COc1c2ccccc2nc2sc(C(=O)O)cc12. The van der Waals surface area contributed by atoms with Crippen molar-refractivity contribution in [3.63, 3.8) is 0 Å². The minimum atomic E-state index is -0.941. The van der Waals surface area contributed by atoms with Crippen LogP contribution in [0.25, 0.3) is 21.1 Å². The van der Waals surface area contributed by atoms with Crippen LogP contribution < -0.4 is 4.74 Å². The Morgan fingerprint density at radius 1 is 1.33 bits per heavy atom. The van der Waals surface area contributed by atoms with Crippen molar-refractivity contribution in [2.45, 2.75) is 0 Å². The Kier molecular flexibility index (Phi) is 2.41. The second-order valence-corrected chi connectivity index (χ2v) is 4.83. The van der Waals surface area contributed by atoms with Crippen LogP contribution in [0.15, 0.2) is 30.3 Å². The van der Waals surface area contributed by atoms with E-state index in [1.807, 2.05) is 24.3 Å². The lowest BCUT2D eigenvalue weighted by atomic mass is 10.1. The molecule has 0 unspecified atom stereocenters. The van der Waals surface area contributed by atoms with Gasteiger partial charge in [0, 0.05) is 5.39 Å². The lowest BCUT2D eigenvalue weighted by Crippen LogP contribution is -1.90. The van der Waals surface area contributed by atoms with E-state index in [-0.39, 0.29) is 4.88 Å². The van der Waals surface area contributed by atoms with Gasteiger partial charge < -0.3 is 9.84 Å². The first-order valence-corrected chi connectivity index (χ1v) is 6.12. The molecule has 1 aromatic carbocycles. The zero-order valence-electron chi connectivity index (χ0n) is 9.51. The number of carbonyl (C=O) groups is 1. The average Bonchev–Trinajstić information content (AvgIpc) is 2.79. The fourth-order valence-corrected chi connectivity index (χ4v) is 2.85. The van der Waals surface area contributed by atoms with Crippen LogP contribution in [0, 0.1) is 0 Å². The molecule has 0 atom stereocenters. The summed E-state index contributed by atoms with van der Waals surface area (Å²) in [6, 6.07) is 9.21. The molecule has 3 aromatic rings. The molecule has 5 heteroatoms. The van der Waals surface area contributed by atoms with Crippen molar-refractivity contribution in [3.05, 3.63) is 35.2 Å². The van der Waals surface area contributed by atoms with E-state index >= 15 is 0 Å². The molecule has 3 rings (SSSR count). The number of thiophene rings is 1. The van der Waals surface area contributed by atoms with Crippen molar-refractivity contribution in [1.82, 2.24) is 4.98 Å². The molecule has 0 fully saturated rings. The van der Waals surface area contributed by atoms with Gasteiger partial charge in [0.2, 0.25) is 0 Å². The van der Waals surface area contributed by atoms with Gasteiger partial charge in [-0.1, -0.05) is 12.1 Å².